The van der Waals surface area contributed by atoms with E-state index in [-0.39, 0.29) is 5.56 Å². The second kappa shape index (κ2) is 7.36. The summed E-state index contributed by atoms with van der Waals surface area (Å²) in [6.45, 7) is 4.62. The summed E-state index contributed by atoms with van der Waals surface area (Å²) in [6.07, 6.45) is 1.74. The monoisotopic (exact) mass is 377 g/mol. The number of fused-ring (bicyclic) bond motifs is 1. The minimum Gasteiger partial charge on any atom is -0.302 e. The second-order valence-electron chi connectivity index (χ2n) is 6.36. The van der Waals surface area contributed by atoms with Crippen LogP contribution in [0.2, 0.25) is 0 Å². The van der Waals surface area contributed by atoms with Crippen LogP contribution in [0.5, 0.6) is 0 Å². The van der Waals surface area contributed by atoms with Crippen LogP contribution in [0.4, 0.5) is 0 Å². The number of thioether (sulfide) groups is 1. The van der Waals surface area contributed by atoms with Crippen LogP contribution in [-0.2, 0) is 12.3 Å². The predicted octanol–water partition coefficient (Wildman–Crippen LogP) is 3.24. The molecule has 27 heavy (non-hydrogen) atoms. The van der Waals surface area contributed by atoms with Crippen molar-refractivity contribution in [1.29, 1.82) is 0 Å². The Morgan fingerprint density at radius 2 is 1.85 bits per heavy atom. The first-order chi connectivity index (χ1) is 13.1. The van der Waals surface area contributed by atoms with Crippen molar-refractivity contribution in [3.05, 3.63) is 87.7 Å². The molecule has 0 N–H and O–H groups in total. The Morgan fingerprint density at radius 3 is 2.67 bits per heavy atom. The van der Waals surface area contributed by atoms with E-state index >= 15 is 0 Å². The van der Waals surface area contributed by atoms with Crippen LogP contribution in [0.1, 0.15) is 22.6 Å². The normalized spacial score (nSPS) is 11.2. The quantitative estimate of drug-likeness (QED) is 0.500. The molecular weight excluding hydrogens is 358 g/mol. The first-order valence-corrected chi connectivity index (χ1v) is 9.65. The van der Waals surface area contributed by atoms with Gasteiger partial charge in [0.15, 0.2) is 5.16 Å². The van der Waals surface area contributed by atoms with E-state index in [0.29, 0.717) is 11.4 Å². The van der Waals surface area contributed by atoms with Crippen molar-refractivity contribution in [2.75, 3.05) is 0 Å². The highest BCUT2D eigenvalue weighted by atomic mass is 32.2. The number of nitrogens with zero attached hydrogens (tertiary/aromatic N) is 5. The number of hydrogen-bond donors (Lipinski definition) is 0. The van der Waals surface area contributed by atoms with Gasteiger partial charge in [0.2, 0.25) is 0 Å². The molecule has 0 amide bonds. The zero-order chi connectivity index (χ0) is 18.8. The van der Waals surface area contributed by atoms with Crippen LogP contribution in [0, 0.1) is 13.8 Å². The van der Waals surface area contributed by atoms with Gasteiger partial charge in [0.1, 0.15) is 11.5 Å². The molecule has 0 saturated carbocycles. The third-order valence-electron chi connectivity index (χ3n) is 4.37. The van der Waals surface area contributed by atoms with Crippen LogP contribution in [-0.4, -0.2) is 24.1 Å². The lowest BCUT2D eigenvalue weighted by molar-refractivity contribution is 0.688. The van der Waals surface area contributed by atoms with Crippen LogP contribution in [0.15, 0.2) is 64.7 Å². The molecule has 136 valence electrons. The van der Waals surface area contributed by atoms with Crippen molar-refractivity contribution < 1.29 is 0 Å². The van der Waals surface area contributed by atoms with Gasteiger partial charge >= 0.3 is 0 Å². The van der Waals surface area contributed by atoms with Crippen LogP contribution >= 0.6 is 11.8 Å². The average Bonchev–Trinajstić information content (AvgIpc) is 3.02. The maximum atomic E-state index is 12.4. The molecule has 0 bridgehead atoms. The van der Waals surface area contributed by atoms with E-state index in [1.165, 1.54) is 5.56 Å². The smallest absolute Gasteiger partial charge is 0.258 e. The Hall–Kier alpha value is -2.93. The first kappa shape index (κ1) is 17.5. The summed E-state index contributed by atoms with van der Waals surface area (Å²) in [7, 11) is 0. The SMILES string of the molecule is Cc1cccn2c(=O)cc(CSc3nnc(C)n3Cc3ccccc3)nc12. The fraction of sp³-hybridized carbons (Fsp3) is 0.200. The Morgan fingerprint density at radius 1 is 1.04 bits per heavy atom. The van der Waals surface area contributed by atoms with Crippen LogP contribution in [0.3, 0.4) is 0 Å². The Kier molecular flexibility index (Phi) is 4.77. The molecule has 6 nitrogen and oxygen atoms in total. The Labute approximate surface area is 160 Å². The molecule has 0 aliphatic rings. The number of benzene rings is 1. The minimum atomic E-state index is -0.0683. The molecule has 3 heterocycles. The molecular formula is C20H19N5OS. The van der Waals surface area contributed by atoms with Gasteiger partial charge < -0.3 is 4.57 Å². The maximum absolute atomic E-state index is 12.4. The number of pyridine rings is 1. The van der Waals surface area contributed by atoms with Gasteiger partial charge in [-0.15, -0.1) is 10.2 Å². The fourth-order valence-electron chi connectivity index (χ4n) is 2.94. The van der Waals surface area contributed by atoms with Crippen molar-refractivity contribution >= 4 is 17.4 Å². The lowest BCUT2D eigenvalue weighted by Crippen LogP contribution is -2.15. The molecule has 4 aromatic rings. The van der Waals surface area contributed by atoms with E-state index in [4.69, 9.17) is 0 Å². The summed E-state index contributed by atoms with van der Waals surface area (Å²) < 4.78 is 3.66. The van der Waals surface area contributed by atoms with Gasteiger partial charge in [-0.3, -0.25) is 9.20 Å². The molecule has 4 rings (SSSR count). The summed E-state index contributed by atoms with van der Waals surface area (Å²) in [5, 5.41) is 9.33. The lowest BCUT2D eigenvalue weighted by Gasteiger charge is -2.09. The van der Waals surface area contributed by atoms with E-state index in [9.17, 15) is 4.79 Å². The third kappa shape index (κ3) is 3.64. The summed E-state index contributed by atoms with van der Waals surface area (Å²) >= 11 is 1.54. The number of hydrogen-bond acceptors (Lipinski definition) is 5. The van der Waals surface area contributed by atoms with Gasteiger partial charge in [-0.05, 0) is 31.0 Å². The summed E-state index contributed by atoms with van der Waals surface area (Å²) in [6, 6.07) is 15.6. The molecule has 0 atom stereocenters. The van der Waals surface area contributed by atoms with Crippen LogP contribution < -0.4 is 5.56 Å². The van der Waals surface area contributed by atoms with Crippen molar-refractivity contribution in [2.45, 2.75) is 31.3 Å². The molecule has 0 spiro atoms. The van der Waals surface area contributed by atoms with E-state index < -0.39 is 0 Å². The lowest BCUT2D eigenvalue weighted by atomic mass is 10.2. The topological polar surface area (TPSA) is 65.1 Å². The first-order valence-electron chi connectivity index (χ1n) is 8.66. The molecule has 0 fully saturated rings. The van der Waals surface area contributed by atoms with Gasteiger partial charge in [-0.25, -0.2) is 4.98 Å². The fourth-order valence-corrected chi connectivity index (χ4v) is 3.81. The summed E-state index contributed by atoms with van der Waals surface area (Å²) in [5.74, 6) is 1.43. The highest BCUT2D eigenvalue weighted by Gasteiger charge is 2.12. The van der Waals surface area contributed by atoms with Gasteiger partial charge in [-0.2, -0.15) is 0 Å². The second-order valence-corrected chi connectivity index (χ2v) is 7.30. The molecule has 7 heteroatoms. The zero-order valence-corrected chi connectivity index (χ0v) is 16.0. The van der Waals surface area contributed by atoms with E-state index in [1.807, 2.05) is 44.2 Å². The number of aryl methyl sites for hydroxylation is 2. The van der Waals surface area contributed by atoms with Gasteiger partial charge in [0.05, 0.1) is 12.2 Å². The largest absolute Gasteiger partial charge is 0.302 e. The van der Waals surface area contributed by atoms with Crippen LogP contribution in [0.25, 0.3) is 5.65 Å². The van der Waals surface area contributed by atoms with Gasteiger partial charge in [0, 0.05) is 18.0 Å². The van der Waals surface area contributed by atoms with E-state index in [1.54, 1.807) is 28.4 Å². The maximum Gasteiger partial charge on any atom is 0.258 e. The van der Waals surface area contributed by atoms with Crippen molar-refractivity contribution in [3.63, 3.8) is 0 Å². The van der Waals surface area contributed by atoms with Crippen molar-refractivity contribution in [2.24, 2.45) is 0 Å². The molecule has 0 saturated heterocycles. The number of aromatic nitrogens is 5. The van der Waals surface area contributed by atoms with Crippen molar-refractivity contribution in [1.82, 2.24) is 24.1 Å². The van der Waals surface area contributed by atoms with Gasteiger partial charge in [0.25, 0.3) is 5.56 Å². The molecule has 1 aromatic carbocycles. The third-order valence-corrected chi connectivity index (χ3v) is 5.37. The van der Waals surface area contributed by atoms with E-state index in [0.717, 1.165) is 28.8 Å². The standard InChI is InChI=1S/C20H19N5OS/c1-14-7-6-10-24-18(26)11-17(21-19(14)24)13-27-20-23-22-15(2)25(20)12-16-8-4-3-5-9-16/h3-11H,12-13H2,1-2H3. The predicted molar refractivity (Wildman–Crippen MR) is 106 cm³/mol. The van der Waals surface area contributed by atoms with Gasteiger partial charge in [-0.1, -0.05) is 48.2 Å². The molecule has 0 aliphatic carbocycles. The Balaban J connectivity index is 1.59. The number of rotatable bonds is 5. The molecule has 0 unspecified atom stereocenters. The molecule has 3 aromatic heterocycles. The molecule has 0 aliphatic heterocycles. The summed E-state index contributed by atoms with van der Waals surface area (Å²) in [5.41, 5.74) is 3.54. The average molecular weight is 377 g/mol. The summed E-state index contributed by atoms with van der Waals surface area (Å²) in [4.78, 5) is 17.0. The Bertz CT molecular complexity index is 1150. The highest BCUT2D eigenvalue weighted by molar-refractivity contribution is 7.98. The van der Waals surface area contributed by atoms with E-state index in [2.05, 4.69) is 31.9 Å². The minimum absolute atomic E-state index is 0.0683. The molecule has 0 radical (unpaired) electrons. The van der Waals surface area contributed by atoms with Crippen molar-refractivity contribution in [3.8, 4) is 0 Å². The zero-order valence-electron chi connectivity index (χ0n) is 15.2. The highest BCUT2D eigenvalue weighted by Crippen LogP contribution is 2.22.